The van der Waals surface area contributed by atoms with Crippen LogP contribution in [0, 0.1) is 23.3 Å². The maximum Gasteiger partial charge on any atom is 0.158 e. The number of halogens is 4. The van der Waals surface area contributed by atoms with Crippen LogP contribution in [0.25, 0.3) is 22.4 Å². The molecule has 31 heavy (non-hydrogen) atoms. The Kier molecular flexibility index (Phi) is 6.96. The third-order valence-electron chi connectivity index (χ3n) is 4.34. The van der Waals surface area contributed by atoms with Crippen LogP contribution in [0.3, 0.4) is 0 Å². The predicted molar refractivity (Wildman–Crippen MR) is 115 cm³/mol. The van der Waals surface area contributed by atoms with Crippen LogP contribution in [0.5, 0.6) is 0 Å². The standard InChI is InChI=1S/C16H14F2N4.C6H4F2S/c1-2-22-9-11(10-5-7-20-8-6-10)16(21-22)14-12(17)3-4-13(19)15(14)18;7-4-1-2-5(8)6(9)3-4/h3-9H,2,19H2,1H3;1-3,9H. The number of aryl methyl sites for hydroxylation is 1. The van der Waals surface area contributed by atoms with Crippen molar-refractivity contribution in [2.24, 2.45) is 0 Å². The summed E-state index contributed by atoms with van der Waals surface area (Å²) in [5.74, 6) is -2.46. The third kappa shape index (κ3) is 5.05. The number of rotatable bonds is 3. The number of aromatic nitrogens is 3. The van der Waals surface area contributed by atoms with Gasteiger partial charge in [-0.2, -0.15) is 5.10 Å². The maximum atomic E-state index is 14.3. The number of anilines is 1. The van der Waals surface area contributed by atoms with Gasteiger partial charge in [-0.05, 0) is 55.0 Å². The number of thiol groups is 1. The number of benzene rings is 2. The van der Waals surface area contributed by atoms with Gasteiger partial charge in [-0.3, -0.25) is 9.67 Å². The minimum Gasteiger partial charge on any atom is -0.396 e. The summed E-state index contributed by atoms with van der Waals surface area (Å²) in [6.07, 6.45) is 5.00. The molecule has 2 aromatic carbocycles. The Morgan fingerprint density at radius 1 is 0.968 bits per heavy atom. The first-order valence-corrected chi connectivity index (χ1v) is 9.62. The second kappa shape index (κ2) is 9.65. The number of hydrogen-bond acceptors (Lipinski definition) is 4. The van der Waals surface area contributed by atoms with E-state index in [1.807, 2.05) is 6.92 Å². The fraction of sp³-hybridized carbons (Fsp3) is 0.0909. The van der Waals surface area contributed by atoms with Crippen molar-refractivity contribution in [3.8, 4) is 22.4 Å². The fourth-order valence-electron chi connectivity index (χ4n) is 2.78. The summed E-state index contributed by atoms with van der Waals surface area (Å²) in [5, 5.41) is 4.30. The van der Waals surface area contributed by atoms with Crippen LogP contribution < -0.4 is 5.73 Å². The number of hydrogen-bond donors (Lipinski definition) is 2. The van der Waals surface area contributed by atoms with Crippen LogP contribution in [0.1, 0.15) is 6.92 Å². The van der Waals surface area contributed by atoms with E-state index in [0.717, 1.165) is 29.8 Å². The molecule has 0 aliphatic rings. The molecule has 0 amide bonds. The van der Waals surface area contributed by atoms with Gasteiger partial charge in [0.2, 0.25) is 0 Å². The smallest absolute Gasteiger partial charge is 0.158 e. The molecule has 2 aromatic heterocycles. The molecule has 9 heteroatoms. The van der Waals surface area contributed by atoms with E-state index in [1.165, 1.54) is 6.07 Å². The largest absolute Gasteiger partial charge is 0.396 e. The number of nitrogens with two attached hydrogens (primary N) is 1. The van der Waals surface area contributed by atoms with Gasteiger partial charge < -0.3 is 5.73 Å². The molecule has 0 atom stereocenters. The van der Waals surface area contributed by atoms with Crippen molar-refractivity contribution in [1.29, 1.82) is 0 Å². The zero-order valence-electron chi connectivity index (χ0n) is 16.4. The van der Waals surface area contributed by atoms with Gasteiger partial charge in [0.25, 0.3) is 0 Å². The highest BCUT2D eigenvalue weighted by Gasteiger charge is 2.21. The molecule has 0 aliphatic heterocycles. The van der Waals surface area contributed by atoms with Gasteiger partial charge in [-0.1, -0.05) is 0 Å². The monoisotopic (exact) mass is 446 g/mol. The van der Waals surface area contributed by atoms with Gasteiger partial charge in [0.15, 0.2) is 5.82 Å². The van der Waals surface area contributed by atoms with Crippen molar-refractivity contribution in [2.45, 2.75) is 18.4 Å². The Morgan fingerprint density at radius 2 is 1.65 bits per heavy atom. The summed E-state index contributed by atoms with van der Waals surface area (Å²) in [7, 11) is 0. The summed E-state index contributed by atoms with van der Waals surface area (Å²) < 4.78 is 54.5. The molecule has 2 N–H and O–H groups in total. The summed E-state index contributed by atoms with van der Waals surface area (Å²) in [4.78, 5) is 3.99. The van der Waals surface area contributed by atoms with Gasteiger partial charge in [-0.25, -0.2) is 17.6 Å². The van der Waals surface area contributed by atoms with Crippen LogP contribution in [-0.2, 0) is 6.54 Å². The first kappa shape index (κ1) is 22.4. The average molecular weight is 446 g/mol. The summed E-state index contributed by atoms with van der Waals surface area (Å²) in [5.41, 5.74) is 6.90. The summed E-state index contributed by atoms with van der Waals surface area (Å²) in [6.45, 7) is 2.49. The maximum absolute atomic E-state index is 14.3. The average Bonchev–Trinajstić information content (AvgIpc) is 3.19. The number of nitrogens with zero attached hydrogens (tertiary/aromatic N) is 3. The zero-order chi connectivity index (χ0) is 22.5. The highest BCUT2D eigenvalue weighted by molar-refractivity contribution is 7.80. The molecule has 0 bridgehead atoms. The van der Waals surface area contributed by atoms with Gasteiger partial charge in [-0.15, -0.1) is 12.6 Å². The van der Waals surface area contributed by atoms with Gasteiger partial charge in [0.1, 0.15) is 23.1 Å². The van der Waals surface area contributed by atoms with E-state index in [0.29, 0.717) is 12.1 Å². The minimum absolute atomic E-state index is 0.0370. The van der Waals surface area contributed by atoms with Crippen molar-refractivity contribution in [3.63, 3.8) is 0 Å². The van der Waals surface area contributed by atoms with Crippen LogP contribution in [0.4, 0.5) is 23.2 Å². The molecule has 4 aromatic rings. The van der Waals surface area contributed by atoms with Crippen LogP contribution in [0.2, 0.25) is 0 Å². The Morgan fingerprint density at radius 3 is 2.26 bits per heavy atom. The van der Waals surface area contributed by atoms with E-state index < -0.39 is 23.3 Å². The molecule has 0 spiro atoms. The molecule has 160 valence electrons. The normalized spacial score (nSPS) is 10.5. The fourth-order valence-corrected chi connectivity index (χ4v) is 2.98. The molecule has 0 aliphatic carbocycles. The SMILES string of the molecule is CCn1cc(-c2ccncc2)c(-c2c(F)ccc(N)c2F)n1.Fc1ccc(F)c(S)c1. The van der Waals surface area contributed by atoms with E-state index >= 15 is 0 Å². The summed E-state index contributed by atoms with van der Waals surface area (Å²) >= 11 is 3.65. The highest BCUT2D eigenvalue weighted by Crippen LogP contribution is 2.35. The number of pyridine rings is 1. The van der Waals surface area contributed by atoms with E-state index in [9.17, 15) is 17.6 Å². The van der Waals surface area contributed by atoms with Crippen molar-refractivity contribution in [1.82, 2.24) is 14.8 Å². The van der Waals surface area contributed by atoms with E-state index in [1.54, 1.807) is 35.4 Å². The Bertz CT molecular complexity index is 1200. The molecular formula is C22H18F4N4S. The van der Waals surface area contributed by atoms with Crippen molar-refractivity contribution >= 4 is 18.3 Å². The molecule has 0 fully saturated rings. The van der Waals surface area contributed by atoms with Crippen LogP contribution in [0.15, 0.2) is 66.0 Å². The van der Waals surface area contributed by atoms with Crippen LogP contribution >= 0.6 is 12.6 Å². The van der Waals surface area contributed by atoms with Gasteiger partial charge >= 0.3 is 0 Å². The molecule has 2 heterocycles. The topological polar surface area (TPSA) is 56.7 Å². The van der Waals surface area contributed by atoms with E-state index in [4.69, 9.17) is 5.73 Å². The van der Waals surface area contributed by atoms with Gasteiger partial charge in [0.05, 0.1) is 11.3 Å². The molecule has 0 unspecified atom stereocenters. The molecule has 0 saturated carbocycles. The Balaban J connectivity index is 0.000000254. The summed E-state index contributed by atoms with van der Waals surface area (Å²) in [6, 6.07) is 9.00. The van der Waals surface area contributed by atoms with Crippen LogP contribution in [-0.4, -0.2) is 14.8 Å². The molecule has 4 nitrogen and oxygen atoms in total. The van der Waals surface area contributed by atoms with E-state index in [-0.39, 0.29) is 21.8 Å². The second-order valence-electron chi connectivity index (χ2n) is 6.40. The lowest BCUT2D eigenvalue weighted by Crippen LogP contribution is -1.99. The third-order valence-corrected chi connectivity index (χ3v) is 4.69. The molecular weight excluding hydrogens is 428 g/mol. The quantitative estimate of drug-likeness (QED) is 0.240. The second-order valence-corrected chi connectivity index (χ2v) is 6.89. The first-order chi connectivity index (χ1) is 14.8. The molecule has 0 saturated heterocycles. The highest BCUT2D eigenvalue weighted by atomic mass is 32.1. The predicted octanol–water partition coefficient (Wildman–Crippen LogP) is 5.75. The Labute approximate surface area is 181 Å². The van der Waals surface area contributed by atoms with Gasteiger partial charge in [0, 0.05) is 35.6 Å². The van der Waals surface area contributed by atoms with Crippen molar-refractivity contribution in [3.05, 3.63) is 84.3 Å². The Hall–Kier alpha value is -3.33. The van der Waals surface area contributed by atoms with Crippen molar-refractivity contribution < 1.29 is 17.6 Å². The lowest BCUT2D eigenvalue weighted by atomic mass is 10.0. The first-order valence-electron chi connectivity index (χ1n) is 9.17. The van der Waals surface area contributed by atoms with E-state index in [2.05, 4.69) is 22.7 Å². The number of nitrogen functional groups attached to an aromatic ring is 1. The zero-order valence-corrected chi connectivity index (χ0v) is 17.3. The lowest BCUT2D eigenvalue weighted by Gasteiger charge is -2.07. The minimum atomic E-state index is -0.795. The van der Waals surface area contributed by atoms with Crippen molar-refractivity contribution in [2.75, 3.05) is 5.73 Å². The molecule has 0 radical (unpaired) electrons. The molecule has 4 rings (SSSR count). The lowest BCUT2D eigenvalue weighted by molar-refractivity contribution is 0.578.